The Balaban J connectivity index is 1.12. The molecule has 0 aliphatic rings. The van der Waals surface area contributed by atoms with Gasteiger partial charge in [-0.15, -0.1) is 22.7 Å². The van der Waals surface area contributed by atoms with E-state index in [0.29, 0.717) is 51.6 Å². The lowest BCUT2D eigenvalue weighted by molar-refractivity contribution is -0.141. The first kappa shape index (κ1) is 39.3. The van der Waals surface area contributed by atoms with Gasteiger partial charge in [0.25, 0.3) is 0 Å². The third-order valence-corrected chi connectivity index (χ3v) is 12.2. The second kappa shape index (κ2) is 16.8. The molecule has 0 N–H and O–H groups in total. The molecule has 0 aliphatic carbocycles. The summed E-state index contributed by atoms with van der Waals surface area (Å²) in [5.41, 5.74) is 7.91. The number of rotatable bonds is 14. The highest BCUT2D eigenvalue weighted by Gasteiger charge is 2.19. The SMILES string of the molecule is CCn1c2ccc(C(=O)c3cccs3)cc2c2cc(C(CCCC(=NOC(C)=O)c3ccc4c(c3)c3cc(C(=O)c5cccs5)ccc3n4CC)=NOC(C)=O)ccc21. The maximum absolute atomic E-state index is 13.3. The number of carbonyl (C=O) groups excluding carboxylic acids is 4. The molecule has 0 saturated carbocycles. The molecule has 4 aromatic carbocycles. The molecule has 12 heteroatoms. The van der Waals surface area contributed by atoms with E-state index in [9.17, 15) is 19.2 Å². The predicted octanol–water partition coefficient (Wildman–Crippen LogP) is 10.9. The van der Waals surface area contributed by atoms with Crippen LogP contribution in [0.4, 0.5) is 0 Å². The summed E-state index contributed by atoms with van der Waals surface area (Å²) in [5, 5.41) is 16.2. The number of thiophene rings is 2. The van der Waals surface area contributed by atoms with Gasteiger partial charge < -0.3 is 18.8 Å². The minimum atomic E-state index is -0.542. The molecule has 0 spiro atoms. The first-order valence-corrected chi connectivity index (χ1v) is 21.2. The molecule has 4 aromatic heterocycles. The zero-order valence-electron chi connectivity index (χ0n) is 33.0. The van der Waals surface area contributed by atoms with Crippen LogP contribution in [0, 0.1) is 0 Å². The van der Waals surface area contributed by atoms with Gasteiger partial charge in [0.1, 0.15) is 0 Å². The van der Waals surface area contributed by atoms with E-state index in [1.807, 2.05) is 108 Å². The van der Waals surface area contributed by atoms with Crippen LogP contribution in [0.5, 0.6) is 0 Å². The molecule has 8 rings (SSSR count). The van der Waals surface area contributed by atoms with Gasteiger partial charge in [-0.3, -0.25) is 9.59 Å². The molecular formula is C47H40N4O6S2. The largest absolute Gasteiger partial charge is 0.341 e. The van der Waals surface area contributed by atoms with Crippen LogP contribution < -0.4 is 0 Å². The Morgan fingerprint density at radius 3 is 1.20 bits per heavy atom. The van der Waals surface area contributed by atoms with E-state index in [1.54, 1.807) is 0 Å². The van der Waals surface area contributed by atoms with Crippen LogP contribution in [-0.2, 0) is 32.4 Å². The Morgan fingerprint density at radius 1 is 0.525 bits per heavy atom. The maximum Gasteiger partial charge on any atom is 0.331 e. The van der Waals surface area contributed by atoms with Crippen molar-refractivity contribution in [3.05, 3.63) is 140 Å². The minimum Gasteiger partial charge on any atom is -0.341 e. The van der Waals surface area contributed by atoms with Gasteiger partial charge in [-0.2, -0.15) is 0 Å². The fourth-order valence-corrected chi connectivity index (χ4v) is 9.15. The molecule has 0 aliphatic heterocycles. The Morgan fingerprint density at radius 2 is 0.881 bits per heavy atom. The van der Waals surface area contributed by atoms with Crippen LogP contribution in [0.15, 0.2) is 118 Å². The maximum atomic E-state index is 13.3. The average Bonchev–Trinajstić information content (AvgIpc) is 4.08. The zero-order valence-corrected chi connectivity index (χ0v) is 34.6. The van der Waals surface area contributed by atoms with Gasteiger partial charge in [0.05, 0.1) is 21.2 Å². The Labute approximate surface area is 347 Å². The monoisotopic (exact) mass is 820 g/mol. The fraction of sp³-hybridized carbons (Fsp3) is 0.191. The van der Waals surface area contributed by atoms with E-state index >= 15 is 0 Å². The summed E-state index contributed by atoms with van der Waals surface area (Å²) in [6.07, 6.45) is 1.32. The Bertz CT molecular complexity index is 2790. The van der Waals surface area contributed by atoms with E-state index in [1.165, 1.54) is 36.5 Å². The molecule has 0 atom stereocenters. The third-order valence-electron chi connectivity index (χ3n) is 10.4. The second-order valence-electron chi connectivity index (χ2n) is 14.1. The van der Waals surface area contributed by atoms with Crippen LogP contribution in [0.1, 0.15) is 88.6 Å². The molecule has 0 bridgehead atoms. The number of aryl methyl sites for hydroxylation is 2. The molecule has 4 heterocycles. The molecule has 0 amide bonds. The fourth-order valence-electron chi connectivity index (χ4n) is 7.78. The number of aromatic nitrogens is 2. The number of oxime groups is 2. The number of hydrogen-bond donors (Lipinski definition) is 0. The van der Waals surface area contributed by atoms with Gasteiger partial charge in [-0.1, -0.05) is 34.6 Å². The van der Waals surface area contributed by atoms with Crippen molar-refractivity contribution in [3.63, 3.8) is 0 Å². The van der Waals surface area contributed by atoms with Crippen LogP contribution >= 0.6 is 22.7 Å². The number of carbonyl (C=O) groups is 4. The number of benzene rings is 4. The number of fused-ring (bicyclic) bond motifs is 6. The summed E-state index contributed by atoms with van der Waals surface area (Å²) in [4.78, 5) is 62.5. The number of hydrogen-bond acceptors (Lipinski definition) is 10. The molecule has 8 aromatic rings. The average molecular weight is 821 g/mol. The lowest BCUT2D eigenvalue weighted by Gasteiger charge is -2.10. The van der Waals surface area contributed by atoms with Crippen molar-refractivity contribution >= 4 is 101 Å². The molecule has 296 valence electrons. The van der Waals surface area contributed by atoms with E-state index < -0.39 is 11.9 Å². The highest BCUT2D eigenvalue weighted by molar-refractivity contribution is 7.12. The van der Waals surface area contributed by atoms with E-state index in [2.05, 4.69) is 33.3 Å². The lowest BCUT2D eigenvalue weighted by atomic mass is 9.98. The zero-order chi connectivity index (χ0) is 41.2. The van der Waals surface area contributed by atoms with Crippen molar-refractivity contribution in [2.75, 3.05) is 0 Å². The topological polar surface area (TPSA) is 121 Å². The Kier molecular flexibility index (Phi) is 11.2. The highest BCUT2D eigenvalue weighted by Crippen LogP contribution is 2.34. The van der Waals surface area contributed by atoms with Crippen molar-refractivity contribution in [3.8, 4) is 0 Å². The van der Waals surface area contributed by atoms with Crippen LogP contribution in [0.2, 0.25) is 0 Å². The van der Waals surface area contributed by atoms with Crippen molar-refractivity contribution < 1.29 is 28.9 Å². The summed E-state index contributed by atoms with van der Waals surface area (Å²) < 4.78 is 4.43. The van der Waals surface area contributed by atoms with Crippen molar-refractivity contribution in [1.82, 2.24) is 9.13 Å². The summed E-state index contributed by atoms with van der Waals surface area (Å²) in [5.74, 6) is -1.13. The molecule has 0 saturated heterocycles. The molecule has 0 radical (unpaired) electrons. The second-order valence-corrected chi connectivity index (χ2v) is 16.0. The first-order valence-electron chi connectivity index (χ1n) is 19.4. The first-order chi connectivity index (χ1) is 28.6. The summed E-state index contributed by atoms with van der Waals surface area (Å²) in [6.45, 7) is 8.25. The molecular weight excluding hydrogens is 781 g/mol. The van der Waals surface area contributed by atoms with Crippen LogP contribution in [0.25, 0.3) is 43.6 Å². The third kappa shape index (κ3) is 7.76. The molecule has 0 unspecified atom stereocenters. The van der Waals surface area contributed by atoms with Gasteiger partial charge in [-0.25, -0.2) is 9.59 Å². The van der Waals surface area contributed by atoms with Gasteiger partial charge >= 0.3 is 11.9 Å². The predicted molar refractivity (Wildman–Crippen MR) is 236 cm³/mol. The van der Waals surface area contributed by atoms with Gasteiger partial charge in [-0.05, 0) is 117 Å². The standard InChI is InChI=1S/C47H40N4O6S2/c1-5-50-40-18-14-30(24-34(40)36-26-32(16-20-42(36)50)46(54)44-12-8-22-58-44)38(48-56-28(3)52)10-7-11-39(49-57-29(4)53)31-15-19-41-35(25-31)37-27-33(17-21-43(37)51(41)6-2)47(55)45-13-9-23-59-45/h8-9,12-27H,5-7,10-11H2,1-4H3. The van der Waals surface area contributed by atoms with E-state index in [4.69, 9.17) is 9.68 Å². The summed E-state index contributed by atoms with van der Waals surface area (Å²) in [6, 6.07) is 31.1. The summed E-state index contributed by atoms with van der Waals surface area (Å²) >= 11 is 2.84. The number of nitrogens with zero attached hydrogens (tertiary/aromatic N) is 4. The van der Waals surface area contributed by atoms with E-state index in [-0.39, 0.29) is 11.6 Å². The van der Waals surface area contributed by atoms with Crippen molar-refractivity contribution in [2.45, 2.75) is 60.0 Å². The Hall–Kier alpha value is -6.50. The normalized spacial score (nSPS) is 12.2. The quantitative estimate of drug-likeness (QED) is 0.0466. The van der Waals surface area contributed by atoms with Crippen LogP contribution in [0.3, 0.4) is 0 Å². The molecule has 10 nitrogen and oxygen atoms in total. The van der Waals surface area contributed by atoms with Gasteiger partial charge in [0, 0.05) is 92.8 Å². The highest BCUT2D eigenvalue weighted by atomic mass is 32.1. The smallest absolute Gasteiger partial charge is 0.331 e. The minimum absolute atomic E-state index is 0.0250. The molecule has 59 heavy (non-hydrogen) atoms. The molecule has 0 fully saturated rings. The van der Waals surface area contributed by atoms with E-state index in [0.717, 1.165) is 67.8 Å². The van der Waals surface area contributed by atoms with Gasteiger partial charge in [0.2, 0.25) is 11.6 Å². The van der Waals surface area contributed by atoms with Crippen LogP contribution in [-0.4, -0.2) is 44.1 Å². The van der Waals surface area contributed by atoms with Crippen molar-refractivity contribution in [1.29, 1.82) is 0 Å². The number of ketones is 2. The lowest BCUT2D eigenvalue weighted by Crippen LogP contribution is -2.08. The van der Waals surface area contributed by atoms with Gasteiger partial charge in [0.15, 0.2) is 0 Å². The summed E-state index contributed by atoms with van der Waals surface area (Å²) in [7, 11) is 0. The van der Waals surface area contributed by atoms with Crippen molar-refractivity contribution in [2.24, 2.45) is 10.3 Å².